The lowest BCUT2D eigenvalue weighted by atomic mass is 10.1. The van der Waals surface area contributed by atoms with Gasteiger partial charge in [-0.25, -0.2) is 0 Å². The third-order valence-electron chi connectivity index (χ3n) is 3.98. The van der Waals surface area contributed by atoms with Crippen LogP contribution in [0.1, 0.15) is 29.7 Å². The highest BCUT2D eigenvalue weighted by molar-refractivity contribution is 8.00. The van der Waals surface area contributed by atoms with Gasteiger partial charge in [0.05, 0.1) is 11.8 Å². The van der Waals surface area contributed by atoms with Gasteiger partial charge in [-0.2, -0.15) is 0 Å². The minimum atomic E-state index is -0.0776. The van der Waals surface area contributed by atoms with E-state index in [0.717, 1.165) is 22.0 Å². The summed E-state index contributed by atoms with van der Waals surface area (Å²) in [5.41, 5.74) is 3.41. The van der Waals surface area contributed by atoms with Gasteiger partial charge < -0.3 is 14.8 Å². The molecule has 1 atom stereocenters. The summed E-state index contributed by atoms with van der Waals surface area (Å²) in [5, 5.41) is 3.04. The lowest BCUT2D eigenvalue weighted by Gasteiger charge is -2.15. The molecule has 0 fully saturated rings. The van der Waals surface area contributed by atoms with Crippen molar-refractivity contribution in [2.24, 2.45) is 0 Å². The summed E-state index contributed by atoms with van der Waals surface area (Å²) >= 11 is 1.57. The van der Waals surface area contributed by atoms with Gasteiger partial charge in [0.2, 0.25) is 12.7 Å². The highest BCUT2D eigenvalue weighted by Gasteiger charge is 2.17. The molecule has 0 aliphatic carbocycles. The summed E-state index contributed by atoms with van der Waals surface area (Å²) in [6.45, 7) is 6.35. The molecule has 1 N–H and O–H groups in total. The summed E-state index contributed by atoms with van der Waals surface area (Å²) in [5.74, 6) is 1.91. The molecule has 1 unspecified atom stereocenters. The number of carbonyl (C=O) groups is 1. The number of aryl methyl sites for hydroxylation is 2. The molecule has 2 aromatic rings. The number of ether oxygens (including phenoxy) is 2. The number of benzene rings is 2. The van der Waals surface area contributed by atoms with Crippen LogP contribution < -0.4 is 14.8 Å². The first-order valence-electron chi connectivity index (χ1n) is 7.92. The molecule has 0 bridgehead atoms. The van der Waals surface area contributed by atoms with Gasteiger partial charge >= 0.3 is 0 Å². The van der Waals surface area contributed by atoms with Gasteiger partial charge in [0, 0.05) is 4.90 Å². The second-order valence-electron chi connectivity index (χ2n) is 5.96. The first-order valence-corrected chi connectivity index (χ1v) is 8.90. The average molecular weight is 343 g/mol. The number of fused-ring (bicyclic) bond motifs is 1. The number of nitrogens with one attached hydrogen (secondary N) is 1. The van der Waals surface area contributed by atoms with Crippen LogP contribution in [0.2, 0.25) is 0 Å². The van der Waals surface area contributed by atoms with Crippen molar-refractivity contribution in [1.82, 2.24) is 5.32 Å². The molecule has 126 valence electrons. The lowest BCUT2D eigenvalue weighted by Crippen LogP contribution is -2.28. The molecule has 4 nitrogen and oxygen atoms in total. The summed E-state index contributed by atoms with van der Waals surface area (Å²) < 4.78 is 10.7. The number of amides is 1. The molecular weight excluding hydrogens is 322 g/mol. The lowest BCUT2D eigenvalue weighted by molar-refractivity contribution is -0.119. The smallest absolute Gasteiger partial charge is 0.231 e. The van der Waals surface area contributed by atoms with Crippen molar-refractivity contribution in [1.29, 1.82) is 0 Å². The van der Waals surface area contributed by atoms with E-state index in [9.17, 15) is 4.79 Å². The normalized spacial score (nSPS) is 13.6. The molecule has 0 radical (unpaired) electrons. The predicted octanol–water partition coefficient (Wildman–Crippen LogP) is 4.00. The van der Waals surface area contributed by atoms with Crippen molar-refractivity contribution in [3.8, 4) is 11.5 Å². The minimum Gasteiger partial charge on any atom is -0.454 e. The van der Waals surface area contributed by atoms with E-state index in [-0.39, 0.29) is 18.7 Å². The van der Waals surface area contributed by atoms with Crippen molar-refractivity contribution < 1.29 is 14.3 Å². The summed E-state index contributed by atoms with van der Waals surface area (Å²) in [7, 11) is 0. The van der Waals surface area contributed by atoms with Crippen LogP contribution in [-0.2, 0) is 4.79 Å². The van der Waals surface area contributed by atoms with Crippen LogP contribution in [0.25, 0.3) is 0 Å². The second-order valence-corrected chi connectivity index (χ2v) is 6.98. The summed E-state index contributed by atoms with van der Waals surface area (Å²) in [6, 6.07) is 12.0. The fourth-order valence-corrected chi connectivity index (χ4v) is 3.49. The Hall–Kier alpha value is -2.14. The summed E-state index contributed by atoms with van der Waals surface area (Å²) in [4.78, 5) is 13.4. The zero-order chi connectivity index (χ0) is 17.1. The van der Waals surface area contributed by atoms with Crippen molar-refractivity contribution in [2.45, 2.75) is 31.7 Å². The Balaban J connectivity index is 1.57. The van der Waals surface area contributed by atoms with Crippen LogP contribution in [0, 0.1) is 13.8 Å². The van der Waals surface area contributed by atoms with E-state index in [1.54, 1.807) is 11.8 Å². The van der Waals surface area contributed by atoms with E-state index < -0.39 is 0 Å². The minimum absolute atomic E-state index is 0.0195. The van der Waals surface area contributed by atoms with E-state index in [1.807, 2.05) is 25.1 Å². The Morgan fingerprint density at radius 3 is 2.79 bits per heavy atom. The Bertz CT molecular complexity index is 760. The van der Waals surface area contributed by atoms with Crippen molar-refractivity contribution in [3.63, 3.8) is 0 Å². The molecule has 2 aromatic carbocycles. The maximum Gasteiger partial charge on any atom is 0.231 e. The zero-order valence-corrected chi connectivity index (χ0v) is 14.9. The standard InChI is InChI=1S/C19H21NO3S/c1-12-4-5-13(2)18(8-12)24-10-19(21)20-14(3)15-6-7-16-17(9-15)23-11-22-16/h4-9,14H,10-11H2,1-3H3,(H,20,21). The van der Waals surface area contributed by atoms with Crippen LogP contribution in [0.15, 0.2) is 41.3 Å². The van der Waals surface area contributed by atoms with Crippen molar-refractivity contribution >= 4 is 17.7 Å². The Kier molecular flexibility index (Phi) is 5.00. The Labute approximate surface area is 146 Å². The van der Waals surface area contributed by atoms with Gasteiger partial charge in [0.15, 0.2) is 11.5 Å². The van der Waals surface area contributed by atoms with E-state index in [4.69, 9.17) is 9.47 Å². The van der Waals surface area contributed by atoms with Crippen LogP contribution >= 0.6 is 11.8 Å². The van der Waals surface area contributed by atoms with E-state index >= 15 is 0 Å². The average Bonchev–Trinajstić information content (AvgIpc) is 3.03. The van der Waals surface area contributed by atoms with E-state index in [1.165, 1.54) is 11.1 Å². The van der Waals surface area contributed by atoms with Crippen LogP contribution in [0.4, 0.5) is 0 Å². The predicted molar refractivity (Wildman–Crippen MR) is 95.8 cm³/mol. The molecule has 24 heavy (non-hydrogen) atoms. The molecule has 1 aliphatic heterocycles. The number of hydrogen-bond acceptors (Lipinski definition) is 4. The number of thioether (sulfide) groups is 1. The topological polar surface area (TPSA) is 47.6 Å². The van der Waals surface area contributed by atoms with Gasteiger partial charge in [-0.3, -0.25) is 4.79 Å². The molecule has 0 saturated carbocycles. The SMILES string of the molecule is Cc1ccc(C)c(SCC(=O)NC(C)c2ccc3c(c2)OCO3)c1. The Morgan fingerprint density at radius 1 is 1.17 bits per heavy atom. The fraction of sp³-hybridized carbons (Fsp3) is 0.316. The first kappa shape index (κ1) is 16.7. The van der Waals surface area contributed by atoms with Crippen molar-refractivity contribution in [2.75, 3.05) is 12.5 Å². The highest BCUT2D eigenvalue weighted by Crippen LogP contribution is 2.34. The summed E-state index contributed by atoms with van der Waals surface area (Å²) in [6.07, 6.45) is 0. The zero-order valence-electron chi connectivity index (χ0n) is 14.1. The quantitative estimate of drug-likeness (QED) is 0.834. The molecular formula is C19H21NO3S. The molecule has 0 aromatic heterocycles. The Morgan fingerprint density at radius 2 is 1.96 bits per heavy atom. The van der Waals surface area contributed by atoms with Gasteiger partial charge in [0.25, 0.3) is 0 Å². The van der Waals surface area contributed by atoms with Gasteiger partial charge in [-0.05, 0) is 50.1 Å². The van der Waals surface area contributed by atoms with E-state index in [0.29, 0.717) is 5.75 Å². The number of hydrogen-bond donors (Lipinski definition) is 1. The molecule has 1 heterocycles. The molecule has 5 heteroatoms. The van der Waals surface area contributed by atoms with Crippen molar-refractivity contribution in [3.05, 3.63) is 53.1 Å². The highest BCUT2D eigenvalue weighted by atomic mass is 32.2. The molecule has 1 amide bonds. The number of rotatable bonds is 5. The van der Waals surface area contributed by atoms with Gasteiger partial charge in [-0.15, -0.1) is 11.8 Å². The number of carbonyl (C=O) groups excluding carboxylic acids is 1. The van der Waals surface area contributed by atoms with E-state index in [2.05, 4.69) is 37.4 Å². The second kappa shape index (κ2) is 7.18. The largest absolute Gasteiger partial charge is 0.454 e. The fourth-order valence-electron chi connectivity index (χ4n) is 2.56. The molecule has 0 saturated heterocycles. The van der Waals surface area contributed by atoms with Gasteiger partial charge in [0.1, 0.15) is 0 Å². The maximum absolute atomic E-state index is 12.2. The monoisotopic (exact) mass is 343 g/mol. The van der Waals surface area contributed by atoms with Crippen LogP contribution in [0.5, 0.6) is 11.5 Å². The molecule has 3 rings (SSSR count). The van der Waals surface area contributed by atoms with Gasteiger partial charge in [-0.1, -0.05) is 23.8 Å². The maximum atomic E-state index is 12.2. The van der Waals surface area contributed by atoms with Crippen LogP contribution in [-0.4, -0.2) is 18.5 Å². The van der Waals surface area contributed by atoms with Crippen LogP contribution in [0.3, 0.4) is 0 Å². The third-order valence-corrected chi connectivity index (χ3v) is 5.13. The molecule has 1 aliphatic rings. The molecule has 0 spiro atoms. The third kappa shape index (κ3) is 3.85. The first-order chi connectivity index (χ1) is 11.5.